The molecular formula is C12H9N5O2. The van der Waals surface area contributed by atoms with Gasteiger partial charge in [0, 0.05) is 6.20 Å². The topological polar surface area (TPSA) is 93.8 Å². The molecule has 94 valence electrons. The van der Waals surface area contributed by atoms with Crippen molar-refractivity contribution in [3.8, 4) is 5.82 Å². The van der Waals surface area contributed by atoms with Gasteiger partial charge in [-0.2, -0.15) is 4.68 Å². The van der Waals surface area contributed by atoms with Crippen LogP contribution in [0.2, 0.25) is 0 Å². The molecule has 2 heterocycles. The van der Waals surface area contributed by atoms with Crippen LogP contribution in [0, 0.1) is 6.92 Å². The van der Waals surface area contributed by atoms with Gasteiger partial charge in [0.25, 0.3) is 0 Å². The molecule has 0 saturated carbocycles. The first-order valence-corrected chi connectivity index (χ1v) is 5.54. The van der Waals surface area contributed by atoms with Crippen LogP contribution in [0.1, 0.15) is 16.2 Å². The van der Waals surface area contributed by atoms with E-state index in [2.05, 4.69) is 20.3 Å². The molecule has 0 unspecified atom stereocenters. The number of aryl methyl sites for hydroxylation is 1. The normalized spacial score (nSPS) is 10.8. The molecule has 0 atom stereocenters. The van der Waals surface area contributed by atoms with Crippen molar-refractivity contribution in [1.82, 2.24) is 25.0 Å². The molecule has 3 aromatic rings. The molecule has 7 heteroatoms. The average molecular weight is 255 g/mol. The predicted molar refractivity (Wildman–Crippen MR) is 66.2 cm³/mol. The third kappa shape index (κ3) is 1.81. The number of aromatic carboxylic acids is 1. The number of para-hydroxylation sites is 1. The molecule has 0 aliphatic carbocycles. The fourth-order valence-corrected chi connectivity index (χ4v) is 1.80. The molecule has 0 fully saturated rings. The lowest BCUT2D eigenvalue weighted by Crippen LogP contribution is -2.11. The molecule has 0 saturated heterocycles. The summed E-state index contributed by atoms with van der Waals surface area (Å²) in [5.74, 6) is -0.414. The Labute approximate surface area is 107 Å². The lowest BCUT2D eigenvalue weighted by atomic mass is 10.3. The number of benzene rings is 1. The zero-order chi connectivity index (χ0) is 13.4. The summed E-state index contributed by atoms with van der Waals surface area (Å²) in [6.07, 6.45) is 1.27. The Balaban J connectivity index is 2.32. The molecule has 19 heavy (non-hydrogen) atoms. The third-order valence-corrected chi connectivity index (χ3v) is 2.67. The number of nitrogens with zero attached hydrogens (tertiary/aromatic N) is 5. The molecule has 2 aromatic heterocycles. The SMILES string of the molecule is Cc1ncc(C(=O)O)c(-n2nnc3ccccc32)n1. The summed E-state index contributed by atoms with van der Waals surface area (Å²) in [5, 5.41) is 17.1. The van der Waals surface area contributed by atoms with Gasteiger partial charge in [-0.3, -0.25) is 0 Å². The number of carboxylic acid groups (broad SMARTS) is 1. The maximum absolute atomic E-state index is 11.2. The van der Waals surface area contributed by atoms with Gasteiger partial charge < -0.3 is 5.11 Å². The molecule has 0 spiro atoms. The number of aromatic nitrogens is 5. The molecule has 0 bridgehead atoms. The molecule has 0 aliphatic heterocycles. The molecule has 3 rings (SSSR count). The summed E-state index contributed by atoms with van der Waals surface area (Å²) in [4.78, 5) is 19.3. The Bertz CT molecular complexity index is 781. The first kappa shape index (κ1) is 11.3. The molecule has 0 aliphatic rings. The van der Waals surface area contributed by atoms with Crippen LogP contribution in [-0.4, -0.2) is 36.0 Å². The van der Waals surface area contributed by atoms with Crippen LogP contribution in [0.25, 0.3) is 16.9 Å². The first-order valence-electron chi connectivity index (χ1n) is 5.54. The molecule has 0 amide bonds. The highest BCUT2D eigenvalue weighted by Gasteiger charge is 2.17. The van der Waals surface area contributed by atoms with E-state index in [1.165, 1.54) is 10.9 Å². The standard InChI is InChI=1S/C12H9N5O2/c1-7-13-6-8(12(18)19)11(14-7)17-10-5-3-2-4-9(10)15-16-17/h2-6H,1H3,(H,18,19). The summed E-state index contributed by atoms with van der Waals surface area (Å²) in [6, 6.07) is 7.27. The fraction of sp³-hybridized carbons (Fsp3) is 0.0833. The van der Waals surface area contributed by atoms with Gasteiger partial charge >= 0.3 is 5.97 Å². The van der Waals surface area contributed by atoms with Gasteiger partial charge in [-0.05, 0) is 19.1 Å². The number of carbonyl (C=O) groups is 1. The monoisotopic (exact) mass is 255 g/mol. The van der Waals surface area contributed by atoms with Crippen molar-refractivity contribution in [1.29, 1.82) is 0 Å². The van der Waals surface area contributed by atoms with E-state index in [0.29, 0.717) is 16.9 Å². The smallest absolute Gasteiger partial charge is 0.341 e. The van der Waals surface area contributed by atoms with Gasteiger partial charge in [-0.25, -0.2) is 14.8 Å². The maximum atomic E-state index is 11.2. The van der Waals surface area contributed by atoms with Crippen molar-refractivity contribution in [3.05, 3.63) is 41.9 Å². The maximum Gasteiger partial charge on any atom is 0.341 e. The highest BCUT2D eigenvalue weighted by molar-refractivity contribution is 5.91. The summed E-state index contributed by atoms with van der Waals surface area (Å²) >= 11 is 0. The summed E-state index contributed by atoms with van der Waals surface area (Å²) in [5.41, 5.74) is 1.36. The van der Waals surface area contributed by atoms with Crippen LogP contribution in [0.15, 0.2) is 30.5 Å². The minimum atomic E-state index is -1.10. The lowest BCUT2D eigenvalue weighted by molar-refractivity contribution is 0.0696. The molecule has 7 nitrogen and oxygen atoms in total. The van der Waals surface area contributed by atoms with Crippen LogP contribution >= 0.6 is 0 Å². The van der Waals surface area contributed by atoms with Crippen LogP contribution in [0.4, 0.5) is 0 Å². The number of carboxylic acids is 1. The Hall–Kier alpha value is -2.83. The zero-order valence-corrected chi connectivity index (χ0v) is 9.98. The summed E-state index contributed by atoms with van der Waals surface area (Å²) in [6.45, 7) is 1.69. The quantitative estimate of drug-likeness (QED) is 0.739. The van der Waals surface area contributed by atoms with Crippen LogP contribution < -0.4 is 0 Å². The average Bonchev–Trinajstić information content (AvgIpc) is 2.82. The predicted octanol–water partition coefficient (Wildman–Crippen LogP) is 1.22. The van der Waals surface area contributed by atoms with Crippen molar-refractivity contribution < 1.29 is 9.90 Å². The van der Waals surface area contributed by atoms with E-state index in [1.807, 2.05) is 12.1 Å². The first-order chi connectivity index (χ1) is 9.16. The van der Waals surface area contributed by atoms with E-state index < -0.39 is 5.97 Å². The second kappa shape index (κ2) is 4.13. The van der Waals surface area contributed by atoms with Crippen LogP contribution in [0.3, 0.4) is 0 Å². The van der Waals surface area contributed by atoms with Crippen molar-refractivity contribution in [2.45, 2.75) is 6.92 Å². The highest BCUT2D eigenvalue weighted by Crippen LogP contribution is 2.17. The van der Waals surface area contributed by atoms with E-state index in [0.717, 1.165) is 0 Å². The van der Waals surface area contributed by atoms with Gasteiger partial charge in [-0.15, -0.1) is 5.10 Å². The summed E-state index contributed by atoms with van der Waals surface area (Å²) in [7, 11) is 0. The number of fused-ring (bicyclic) bond motifs is 1. The number of hydrogen-bond donors (Lipinski definition) is 1. The Morgan fingerprint density at radius 2 is 2.11 bits per heavy atom. The van der Waals surface area contributed by atoms with Crippen LogP contribution in [0.5, 0.6) is 0 Å². The Kier molecular flexibility index (Phi) is 2.45. The highest BCUT2D eigenvalue weighted by atomic mass is 16.4. The van der Waals surface area contributed by atoms with Crippen LogP contribution in [-0.2, 0) is 0 Å². The van der Waals surface area contributed by atoms with Gasteiger partial charge in [0.05, 0.1) is 5.52 Å². The largest absolute Gasteiger partial charge is 0.477 e. The van der Waals surface area contributed by atoms with E-state index in [9.17, 15) is 9.90 Å². The van der Waals surface area contributed by atoms with Gasteiger partial charge in [0.15, 0.2) is 5.82 Å². The van der Waals surface area contributed by atoms with Crippen molar-refractivity contribution in [3.63, 3.8) is 0 Å². The van der Waals surface area contributed by atoms with Crippen molar-refractivity contribution in [2.24, 2.45) is 0 Å². The van der Waals surface area contributed by atoms with Gasteiger partial charge in [0.1, 0.15) is 16.9 Å². The summed E-state index contributed by atoms with van der Waals surface area (Å²) < 4.78 is 1.41. The number of hydrogen-bond acceptors (Lipinski definition) is 5. The van der Waals surface area contributed by atoms with Gasteiger partial charge in [0.2, 0.25) is 0 Å². The van der Waals surface area contributed by atoms with E-state index in [-0.39, 0.29) is 11.4 Å². The minimum Gasteiger partial charge on any atom is -0.477 e. The van der Waals surface area contributed by atoms with Crippen molar-refractivity contribution in [2.75, 3.05) is 0 Å². The zero-order valence-electron chi connectivity index (χ0n) is 9.98. The lowest BCUT2D eigenvalue weighted by Gasteiger charge is -2.05. The Morgan fingerprint density at radius 1 is 1.32 bits per heavy atom. The molecule has 1 N–H and O–H groups in total. The van der Waals surface area contributed by atoms with Crippen molar-refractivity contribution >= 4 is 17.0 Å². The van der Waals surface area contributed by atoms with E-state index in [4.69, 9.17) is 0 Å². The van der Waals surface area contributed by atoms with E-state index >= 15 is 0 Å². The second-order valence-electron chi connectivity index (χ2n) is 3.95. The molecule has 1 aromatic carbocycles. The minimum absolute atomic E-state index is 0.0127. The third-order valence-electron chi connectivity index (χ3n) is 2.67. The van der Waals surface area contributed by atoms with E-state index in [1.54, 1.807) is 19.1 Å². The Morgan fingerprint density at radius 3 is 2.89 bits per heavy atom. The second-order valence-corrected chi connectivity index (χ2v) is 3.95. The molecule has 0 radical (unpaired) electrons. The number of rotatable bonds is 2. The fourth-order valence-electron chi connectivity index (χ4n) is 1.80. The molecular weight excluding hydrogens is 246 g/mol. The van der Waals surface area contributed by atoms with Gasteiger partial charge in [-0.1, -0.05) is 17.3 Å².